The van der Waals surface area contributed by atoms with Crippen LogP contribution in [0.2, 0.25) is 0 Å². The van der Waals surface area contributed by atoms with Crippen LogP contribution in [0.25, 0.3) is 0 Å². The number of nitrogens with zero attached hydrogens (tertiary/aromatic N) is 1. The molecule has 0 unspecified atom stereocenters. The van der Waals surface area contributed by atoms with Gasteiger partial charge in [-0.3, -0.25) is 14.3 Å². The molecule has 7 heteroatoms. The Kier molecular flexibility index (Phi) is 2.69. The zero-order chi connectivity index (χ0) is 11.7. The molecule has 7 nitrogen and oxygen atoms in total. The summed E-state index contributed by atoms with van der Waals surface area (Å²) in [5, 5.41) is 3.19. The van der Waals surface area contributed by atoms with Crippen molar-refractivity contribution in [3.8, 4) is 0 Å². The predicted octanol–water partition coefficient (Wildman–Crippen LogP) is -1.37. The Bertz CT molecular complexity index is 498. The van der Waals surface area contributed by atoms with Gasteiger partial charge in [-0.2, -0.15) is 0 Å². The fourth-order valence-electron chi connectivity index (χ4n) is 2.01. The van der Waals surface area contributed by atoms with E-state index in [2.05, 4.69) is 10.3 Å². The summed E-state index contributed by atoms with van der Waals surface area (Å²) in [6.45, 7) is 1.66. The summed E-state index contributed by atoms with van der Waals surface area (Å²) >= 11 is 0. The second kappa shape index (κ2) is 4.01. The van der Waals surface area contributed by atoms with Gasteiger partial charge >= 0.3 is 5.69 Å². The van der Waals surface area contributed by atoms with Gasteiger partial charge in [0.25, 0.3) is 5.56 Å². The van der Waals surface area contributed by atoms with Gasteiger partial charge in [0.05, 0.1) is 0 Å². The maximum atomic E-state index is 11.7. The second-order valence-corrected chi connectivity index (χ2v) is 3.91. The molecular formula is C9H15N5O2. The molecule has 2 heterocycles. The molecule has 1 aliphatic rings. The van der Waals surface area contributed by atoms with E-state index in [9.17, 15) is 9.59 Å². The molecule has 1 aliphatic heterocycles. The Morgan fingerprint density at radius 2 is 1.81 bits per heavy atom. The molecule has 0 aromatic carbocycles. The number of aromatic amines is 1. The minimum absolute atomic E-state index is 0.00731. The lowest BCUT2D eigenvalue weighted by atomic mass is 10.1. The van der Waals surface area contributed by atoms with Crippen molar-refractivity contribution in [2.45, 2.75) is 18.9 Å². The Hall–Kier alpha value is -1.76. The van der Waals surface area contributed by atoms with Crippen molar-refractivity contribution in [2.24, 2.45) is 0 Å². The minimum Gasteiger partial charge on any atom is -0.391 e. The van der Waals surface area contributed by atoms with Gasteiger partial charge in [0, 0.05) is 6.04 Å². The summed E-state index contributed by atoms with van der Waals surface area (Å²) in [5.74, 6) is 0.0700. The van der Waals surface area contributed by atoms with E-state index in [-0.39, 0.29) is 17.5 Å². The maximum Gasteiger partial charge on any atom is 0.330 e. The number of aromatic nitrogens is 2. The van der Waals surface area contributed by atoms with Gasteiger partial charge in [-0.25, -0.2) is 4.79 Å². The lowest BCUT2D eigenvalue weighted by Crippen LogP contribution is -2.39. The van der Waals surface area contributed by atoms with Gasteiger partial charge in [0.1, 0.15) is 11.5 Å². The molecule has 0 spiro atoms. The third kappa shape index (κ3) is 1.69. The molecule has 1 aromatic rings. The standard InChI is InChI=1S/C9H15N5O2/c10-6-7(11)14(9(16)13-8(6)15)5-1-3-12-4-2-5/h5,12H,1-4,10-11H2,(H,13,15,16). The SMILES string of the molecule is Nc1c(N)n(C2CCNCC2)c(=O)[nH]c1=O. The number of H-pyrrole nitrogens is 1. The number of hydrogen-bond acceptors (Lipinski definition) is 5. The van der Waals surface area contributed by atoms with E-state index < -0.39 is 11.2 Å². The van der Waals surface area contributed by atoms with E-state index in [0.29, 0.717) is 0 Å². The fraction of sp³-hybridized carbons (Fsp3) is 0.556. The predicted molar refractivity (Wildman–Crippen MR) is 61.3 cm³/mol. The molecule has 1 aromatic heterocycles. The van der Waals surface area contributed by atoms with Crippen LogP contribution in [0.5, 0.6) is 0 Å². The molecule has 0 saturated carbocycles. The molecule has 2 rings (SSSR count). The highest BCUT2D eigenvalue weighted by Gasteiger charge is 2.20. The van der Waals surface area contributed by atoms with Crippen LogP contribution in [-0.2, 0) is 0 Å². The van der Waals surface area contributed by atoms with Gasteiger partial charge in [-0.1, -0.05) is 0 Å². The van der Waals surface area contributed by atoms with E-state index in [1.165, 1.54) is 4.57 Å². The van der Waals surface area contributed by atoms with Crippen LogP contribution < -0.4 is 28.0 Å². The van der Waals surface area contributed by atoms with Crippen molar-refractivity contribution in [3.63, 3.8) is 0 Å². The van der Waals surface area contributed by atoms with E-state index in [1.807, 2.05) is 0 Å². The number of anilines is 2. The average Bonchev–Trinajstić information content (AvgIpc) is 2.28. The molecule has 0 amide bonds. The molecule has 1 saturated heterocycles. The Balaban J connectivity index is 2.51. The lowest BCUT2D eigenvalue weighted by Gasteiger charge is -2.25. The summed E-state index contributed by atoms with van der Waals surface area (Å²) in [6, 6.07) is 0.00731. The molecule has 1 fully saturated rings. The minimum atomic E-state index is -0.618. The van der Waals surface area contributed by atoms with E-state index in [0.717, 1.165) is 25.9 Å². The quantitative estimate of drug-likeness (QED) is 0.470. The smallest absolute Gasteiger partial charge is 0.330 e. The van der Waals surface area contributed by atoms with Crippen LogP contribution in [0.15, 0.2) is 9.59 Å². The first-order chi connectivity index (χ1) is 7.61. The van der Waals surface area contributed by atoms with E-state index in [4.69, 9.17) is 11.5 Å². The normalized spacial score (nSPS) is 17.5. The van der Waals surface area contributed by atoms with Crippen LogP contribution >= 0.6 is 0 Å². The molecule has 0 radical (unpaired) electrons. The number of nitrogens with one attached hydrogen (secondary N) is 2. The van der Waals surface area contributed by atoms with Crippen molar-refractivity contribution in [1.82, 2.24) is 14.9 Å². The molecule has 16 heavy (non-hydrogen) atoms. The van der Waals surface area contributed by atoms with Crippen LogP contribution in [0, 0.1) is 0 Å². The lowest BCUT2D eigenvalue weighted by molar-refractivity contribution is 0.360. The third-order valence-corrected chi connectivity index (χ3v) is 2.89. The molecular weight excluding hydrogens is 210 g/mol. The summed E-state index contributed by atoms with van der Waals surface area (Å²) in [5.41, 5.74) is 10.0. The van der Waals surface area contributed by atoms with E-state index >= 15 is 0 Å². The zero-order valence-corrected chi connectivity index (χ0v) is 8.82. The molecule has 0 aliphatic carbocycles. The number of rotatable bonds is 1. The summed E-state index contributed by atoms with van der Waals surface area (Å²) in [6.07, 6.45) is 1.60. The highest BCUT2D eigenvalue weighted by atomic mass is 16.2. The zero-order valence-electron chi connectivity index (χ0n) is 8.82. The van der Waals surface area contributed by atoms with E-state index in [1.54, 1.807) is 0 Å². The van der Waals surface area contributed by atoms with Gasteiger partial charge < -0.3 is 16.8 Å². The van der Waals surface area contributed by atoms with Crippen LogP contribution in [0.3, 0.4) is 0 Å². The van der Waals surface area contributed by atoms with Crippen molar-refractivity contribution in [2.75, 3.05) is 24.6 Å². The number of piperidine rings is 1. The molecule has 0 bridgehead atoms. The van der Waals surface area contributed by atoms with Crippen molar-refractivity contribution >= 4 is 11.5 Å². The van der Waals surface area contributed by atoms with Crippen LogP contribution in [0.1, 0.15) is 18.9 Å². The molecule has 0 atom stereocenters. The Morgan fingerprint density at radius 1 is 1.19 bits per heavy atom. The summed E-state index contributed by atoms with van der Waals surface area (Å²) < 4.78 is 1.39. The van der Waals surface area contributed by atoms with Crippen LogP contribution in [0.4, 0.5) is 11.5 Å². The van der Waals surface area contributed by atoms with Crippen molar-refractivity contribution < 1.29 is 0 Å². The van der Waals surface area contributed by atoms with Crippen LogP contribution in [-0.4, -0.2) is 22.6 Å². The van der Waals surface area contributed by atoms with Gasteiger partial charge in [0.15, 0.2) is 0 Å². The Labute approximate surface area is 91.5 Å². The van der Waals surface area contributed by atoms with Gasteiger partial charge in [0.2, 0.25) is 0 Å². The van der Waals surface area contributed by atoms with Gasteiger partial charge in [-0.05, 0) is 25.9 Å². The highest BCUT2D eigenvalue weighted by molar-refractivity contribution is 5.56. The second-order valence-electron chi connectivity index (χ2n) is 3.91. The van der Waals surface area contributed by atoms with Gasteiger partial charge in [-0.15, -0.1) is 0 Å². The Morgan fingerprint density at radius 3 is 2.44 bits per heavy atom. The first kappa shape index (κ1) is 10.7. The number of nitrogen functional groups attached to an aromatic ring is 2. The topological polar surface area (TPSA) is 119 Å². The van der Waals surface area contributed by atoms with Crippen molar-refractivity contribution in [1.29, 1.82) is 0 Å². The monoisotopic (exact) mass is 225 g/mol. The molecule has 88 valence electrons. The first-order valence-electron chi connectivity index (χ1n) is 5.21. The maximum absolute atomic E-state index is 11.7. The number of hydrogen-bond donors (Lipinski definition) is 4. The molecule has 6 N–H and O–H groups in total. The first-order valence-corrected chi connectivity index (χ1v) is 5.21. The number of nitrogens with two attached hydrogens (primary N) is 2. The highest BCUT2D eigenvalue weighted by Crippen LogP contribution is 2.20. The fourth-order valence-corrected chi connectivity index (χ4v) is 2.01. The van der Waals surface area contributed by atoms with Crippen molar-refractivity contribution in [3.05, 3.63) is 20.8 Å². The average molecular weight is 225 g/mol. The largest absolute Gasteiger partial charge is 0.391 e. The summed E-state index contributed by atoms with van der Waals surface area (Å²) in [4.78, 5) is 25.0. The third-order valence-electron chi connectivity index (χ3n) is 2.89. The summed E-state index contributed by atoms with van der Waals surface area (Å²) in [7, 11) is 0.